The molecule has 3 amide bonds. The number of benzene rings is 2. The fourth-order valence-corrected chi connectivity index (χ4v) is 5.64. The number of nitrogens with one attached hydrogen (secondary N) is 1. The minimum absolute atomic E-state index is 0.0406. The molecule has 1 atom stereocenters. The van der Waals surface area contributed by atoms with Crippen LogP contribution < -0.4 is 26.4 Å². The number of nitrogen functional groups attached to an aromatic ring is 1. The Morgan fingerprint density at radius 3 is 2.29 bits per heavy atom. The quantitative estimate of drug-likeness (QED) is 0.373. The van der Waals surface area contributed by atoms with Crippen molar-refractivity contribution in [3.05, 3.63) is 69.7 Å². The van der Waals surface area contributed by atoms with E-state index in [2.05, 4.69) is 9.69 Å². The predicted octanol–water partition coefficient (Wildman–Crippen LogP) is 4.29. The largest absolute Gasteiger partial charge is 0.494 e. The average molecular weight is 536 g/mol. The van der Waals surface area contributed by atoms with E-state index < -0.39 is 17.9 Å². The lowest BCUT2D eigenvalue weighted by atomic mass is 10.0. The number of ether oxygens (including phenoxy) is 1. The SMILES string of the molecule is CCOc1ccc([C@H](C(=O)NC2CCCC2)N(C(=O)c2snc(C(N)=O)c2N)c2cc(C)cc(C)c2)cc1. The summed E-state index contributed by atoms with van der Waals surface area (Å²) in [5, 5.41) is 3.16. The molecule has 0 spiro atoms. The van der Waals surface area contributed by atoms with Crippen molar-refractivity contribution in [1.29, 1.82) is 0 Å². The van der Waals surface area contributed by atoms with E-state index in [1.54, 1.807) is 24.3 Å². The second kappa shape index (κ2) is 11.6. The molecule has 38 heavy (non-hydrogen) atoms. The molecule has 10 heteroatoms. The molecule has 1 fully saturated rings. The van der Waals surface area contributed by atoms with Gasteiger partial charge in [-0.15, -0.1) is 0 Å². The van der Waals surface area contributed by atoms with Crippen LogP contribution in [0.25, 0.3) is 0 Å². The Morgan fingerprint density at radius 2 is 1.74 bits per heavy atom. The number of aromatic nitrogens is 1. The minimum Gasteiger partial charge on any atom is -0.494 e. The van der Waals surface area contributed by atoms with Gasteiger partial charge in [0.15, 0.2) is 5.69 Å². The summed E-state index contributed by atoms with van der Waals surface area (Å²) in [5.74, 6) is -1.00. The molecule has 0 bridgehead atoms. The van der Waals surface area contributed by atoms with E-state index in [0.29, 0.717) is 23.6 Å². The summed E-state index contributed by atoms with van der Waals surface area (Å²) >= 11 is 0.792. The fourth-order valence-electron chi connectivity index (χ4n) is 4.89. The molecule has 5 N–H and O–H groups in total. The zero-order chi connectivity index (χ0) is 27.4. The molecule has 9 nitrogen and oxygen atoms in total. The first-order chi connectivity index (χ1) is 18.2. The van der Waals surface area contributed by atoms with Crippen molar-refractivity contribution in [2.75, 3.05) is 17.2 Å². The highest BCUT2D eigenvalue weighted by Gasteiger charge is 2.37. The molecule has 1 aliphatic rings. The van der Waals surface area contributed by atoms with Crippen LogP contribution in [0.5, 0.6) is 5.75 Å². The van der Waals surface area contributed by atoms with Crippen LogP contribution >= 0.6 is 11.5 Å². The molecule has 0 aliphatic heterocycles. The summed E-state index contributed by atoms with van der Waals surface area (Å²) in [4.78, 5) is 41.5. The first-order valence-corrected chi connectivity index (χ1v) is 13.5. The standard InChI is InChI=1S/C28H33N5O4S/c1-4-37-21-11-9-18(10-12-21)24(27(35)31-19-7-5-6-8-19)33(20-14-16(2)13-17(3)15-20)28(36)25-22(29)23(26(30)34)32-38-25/h9-15,19,24H,4-8,29H2,1-3H3,(H2,30,34)(H,31,35)/t24-/m1/s1. The van der Waals surface area contributed by atoms with Gasteiger partial charge in [-0.2, -0.15) is 4.37 Å². The molecule has 0 radical (unpaired) electrons. The molecule has 1 saturated carbocycles. The number of aryl methyl sites for hydroxylation is 2. The number of nitrogens with two attached hydrogens (primary N) is 2. The Kier molecular flexibility index (Phi) is 8.31. The van der Waals surface area contributed by atoms with Crippen molar-refractivity contribution in [1.82, 2.24) is 9.69 Å². The maximum atomic E-state index is 14.2. The van der Waals surface area contributed by atoms with Gasteiger partial charge in [0.2, 0.25) is 5.91 Å². The fraction of sp³-hybridized carbons (Fsp3) is 0.357. The van der Waals surface area contributed by atoms with Crippen molar-refractivity contribution < 1.29 is 19.1 Å². The highest BCUT2D eigenvalue weighted by Crippen LogP contribution is 2.35. The number of carbonyl (C=O) groups is 3. The lowest BCUT2D eigenvalue weighted by molar-refractivity contribution is -0.123. The number of amides is 3. The monoisotopic (exact) mass is 535 g/mol. The molecule has 1 aromatic heterocycles. The lowest BCUT2D eigenvalue weighted by Crippen LogP contribution is -2.46. The van der Waals surface area contributed by atoms with Gasteiger partial charge in [0.25, 0.3) is 11.8 Å². The molecule has 0 unspecified atom stereocenters. The van der Waals surface area contributed by atoms with E-state index in [9.17, 15) is 14.4 Å². The molecule has 3 aromatic rings. The Balaban J connectivity index is 1.87. The van der Waals surface area contributed by atoms with E-state index in [-0.39, 0.29) is 28.2 Å². The minimum atomic E-state index is -1.02. The van der Waals surface area contributed by atoms with Gasteiger partial charge in [-0.05, 0) is 86.1 Å². The first kappa shape index (κ1) is 27.1. The summed E-state index contributed by atoms with van der Waals surface area (Å²) in [7, 11) is 0. The third-order valence-electron chi connectivity index (χ3n) is 6.57. The summed E-state index contributed by atoms with van der Waals surface area (Å²) < 4.78 is 9.61. The van der Waals surface area contributed by atoms with Crippen molar-refractivity contribution in [3.63, 3.8) is 0 Å². The molecular formula is C28H33N5O4S. The van der Waals surface area contributed by atoms with Crippen LogP contribution in [0.3, 0.4) is 0 Å². The molecule has 4 rings (SSSR count). The Morgan fingerprint density at radius 1 is 1.11 bits per heavy atom. The summed E-state index contributed by atoms with van der Waals surface area (Å²) in [6, 6.07) is 11.9. The van der Waals surface area contributed by atoms with Crippen LogP contribution in [-0.4, -0.2) is 34.7 Å². The van der Waals surface area contributed by atoms with E-state index in [4.69, 9.17) is 16.2 Å². The Hall–Kier alpha value is -3.92. The molecule has 0 saturated heterocycles. The normalized spacial score (nSPS) is 14.2. The summed E-state index contributed by atoms with van der Waals surface area (Å²) in [5.41, 5.74) is 14.3. The van der Waals surface area contributed by atoms with Gasteiger partial charge in [-0.25, -0.2) is 0 Å². The first-order valence-electron chi connectivity index (χ1n) is 12.7. The van der Waals surface area contributed by atoms with E-state index in [0.717, 1.165) is 48.3 Å². The highest BCUT2D eigenvalue weighted by molar-refractivity contribution is 7.09. The van der Waals surface area contributed by atoms with Crippen molar-refractivity contribution >= 4 is 40.6 Å². The number of carbonyl (C=O) groups excluding carboxylic acids is 3. The van der Waals surface area contributed by atoms with Gasteiger partial charge in [0, 0.05) is 11.7 Å². The van der Waals surface area contributed by atoms with Crippen molar-refractivity contribution in [3.8, 4) is 5.75 Å². The van der Waals surface area contributed by atoms with Gasteiger partial charge in [-0.1, -0.05) is 31.0 Å². The van der Waals surface area contributed by atoms with Crippen molar-refractivity contribution in [2.45, 2.75) is 58.5 Å². The zero-order valence-electron chi connectivity index (χ0n) is 21.8. The maximum absolute atomic E-state index is 14.2. The van der Waals surface area contributed by atoms with Gasteiger partial charge >= 0.3 is 0 Å². The third kappa shape index (κ3) is 5.80. The van der Waals surface area contributed by atoms with E-state index >= 15 is 0 Å². The van der Waals surface area contributed by atoms with Gasteiger partial charge in [0.1, 0.15) is 16.7 Å². The number of hydrogen-bond acceptors (Lipinski definition) is 7. The van der Waals surface area contributed by atoms with Gasteiger partial charge in [-0.3, -0.25) is 19.3 Å². The molecule has 1 aliphatic carbocycles. The molecular weight excluding hydrogens is 502 g/mol. The Labute approximate surface area is 226 Å². The average Bonchev–Trinajstić information content (AvgIpc) is 3.51. The third-order valence-corrected chi connectivity index (χ3v) is 7.42. The number of hydrogen-bond donors (Lipinski definition) is 3. The van der Waals surface area contributed by atoms with Crippen LogP contribution in [-0.2, 0) is 4.79 Å². The highest BCUT2D eigenvalue weighted by atomic mass is 32.1. The van der Waals surface area contributed by atoms with Crippen LogP contribution in [0.4, 0.5) is 11.4 Å². The van der Waals surface area contributed by atoms with E-state index in [1.807, 2.05) is 39.0 Å². The number of primary amides is 1. The second-order valence-electron chi connectivity index (χ2n) is 9.55. The van der Waals surface area contributed by atoms with Gasteiger partial charge < -0.3 is 21.5 Å². The molecule has 200 valence electrons. The number of rotatable bonds is 9. The second-order valence-corrected chi connectivity index (χ2v) is 10.3. The van der Waals surface area contributed by atoms with Gasteiger partial charge in [0.05, 0.1) is 12.3 Å². The van der Waals surface area contributed by atoms with E-state index in [1.165, 1.54) is 4.90 Å². The Bertz CT molecular complexity index is 1310. The van der Waals surface area contributed by atoms with Crippen molar-refractivity contribution in [2.24, 2.45) is 5.73 Å². The summed E-state index contributed by atoms with van der Waals surface area (Å²) in [6.45, 7) is 6.25. The lowest BCUT2D eigenvalue weighted by Gasteiger charge is -2.32. The smallest absolute Gasteiger partial charge is 0.273 e. The predicted molar refractivity (Wildman–Crippen MR) is 149 cm³/mol. The summed E-state index contributed by atoms with van der Waals surface area (Å²) in [6.07, 6.45) is 3.88. The van der Waals surface area contributed by atoms with Crippen LogP contribution in [0.1, 0.15) is 75.5 Å². The van der Waals surface area contributed by atoms with Crippen LogP contribution in [0, 0.1) is 13.8 Å². The van der Waals surface area contributed by atoms with Crippen LogP contribution in [0.2, 0.25) is 0 Å². The van der Waals surface area contributed by atoms with Crippen LogP contribution in [0.15, 0.2) is 42.5 Å². The maximum Gasteiger partial charge on any atom is 0.273 e. The topological polar surface area (TPSA) is 141 Å². The molecule has 2 aromatic carbocycles. The zero-order valence-corrected chi connectivity index (χ0v) is 22.6. The number of anilines is 2. The molecule has 1 heterocycles. The number of nitrogens with zero attached hydrogens (tertiary/aromatic N) is 2.